The molecule has 1 heterocycles. The van der Waals surface area contributed by atoms with Crippen LogP contribution in [0.4, 0.5) is 0 Å². The van der Waals surface area contributed by atoms with Crippen LogP contribution in [-0.4, -0.2) is 29.3 Å². The minimum atomic E-state index is -0.546. The van der Waals surface area contributed by atoms with Crippen molar-refractivity contribution in [3.63, 3.8) is 0 Å². The molecule has 0 bridgehead atoms. The molecule has 1 atom stereocenters. The van der Waals surface area contributed by atoms with Gasteiger partial charge in [-0.15, -0.1) is 0 Å². The van der Waals surface area contributed by atoms with Crippen LogP contribution in [-0.2, 0) is 20.7 Å². The number of nitrogens with one attached hydrogen (secondary N) is 2. The third kappa shape index (κ3) is 4.90. The number of benzene rings is 2. The number of hydrogen-bond acceptors (Lipinski definition) is 4. The van der Waals surface area contributed by atoms with Crippen LogP contribution in [0.5, 0.6) is 0 Å². The Balaban J connectivity index is 1.65. The number of H-pyrrole nitrogens is 1. The van der Waals surface area contributed by atoms with E-state index in [9.17, 15) is 14.4 Å². The van der Waals surface area contributed by atoms with Gasteiger partial charge in [-0.2, -0.15) is 0 Å². The summed E-state index contributed by atoms with van der Waals surface area (Å²) in [6.07, 6.45) is 2.46. The maximum Gasteiger partial charge on any atom is 0.308 e. The first-order valence-electron chi connectivity index (χ1n) is 9.59. The maximum atomic E-state index is 12.6. The fourth-order valence-corrected chi connectivity index (χ4v) is 3.37. The number of aromatic nitrogens is 1. The SMILES string of the molecule is CCc1cccc2c(C(=O)COC(=O)C[C@@H](NC(C)=O)c3ccccc3)c[nH]c12. The number of aromatic amines is 1. The van der Waals surface area contributed by atoms with Gasteiger partial charge >= 0.3 is 5.97 Å². The number of hydrogen-bond donors (Lipinski definition) is 2. The van der Waals surface area contributed by atoms with Crippen molar-refractivity contribution in [2.24, 2.45) is 0 Å². The van der Waals surface area contributed by atoms with E-state index in [1.165, 1.54) is 6.92 Å². The Morgan fingerprint density at radius 3 is 2.52 bits per heavy atom. The fourth-order valence-electron chi connectivity index (χ4n) is 3.37. The highest BCUT2D eigenvalue weighted by atomic mass is 16.5. The van der Waals surface area contributed by atoms with Gasteiger partial charge in [0.05, 0.1) is 12.5 Å². The van der Waals surface area contributed by atoms with Crippen LogP contribution in [0.1, 0.15) is 47.8 Å². The zero-order valence-corrected chi connectivity index (χ0v) is 16.5. The van der Waals surface area contributed by atoms with E-state index in [0.29, 0.717) is 5.56 Å². The molecule has 3 aromatic rings. The molecular weight excluding hydrogens is 368 g/mol. The smallest absolute Gasteiger partial charge is 0.308 e. The van der Waals surface area contributed by atoms with Crippen molar-refractivity contribution in [3.8, 4) is 0 Å². The monoisotopic (exact) mass is 392 g/mol. The average Bonchev–Trinajstić information content (AvgIpc) is 3.16. The van der Waals surface area contributed by atoms with Crippen LogP contribution >= 0.6 is 0 Å². The summed E-state index contributed by atoms with van der Waals surface area (Å²) in [5.74, 6) is -1.06. The summed E-state index contributed by atoms with van der Waals surface area (Å²) < 4.78 is 5.21. The first-order chi connectivity index (χ1) is 14.0. The van der Waals surface area contributed by atoms with E-state index in [0.717, 1.165) is 28.5 Å². The van der Waals surface area contributed by atoms with E-state index in [1.807, 2.05) is 48.5 Å². The van der Waals surface area contributed by atoms with Crippen LogP contribution in [0, 0.1) is 0 Å². The van der Waals surface area contributed by atoms with Gasteiger partial charge in [-0.25, -0.2) is 0 Å². The number of Topliss-reactive ketones (excluding diaryl/α,β-unsaturated/α-hetero) is 1. The number of aryl methyl sites for hydroxylation is 1. The van der Waals surface area contributed by atoms with Crippen LogP contribution < -0.4 is 5.32 Å². The zero-order chi connectivity index (χ0) is 20.8. The summed E-state index contributed by atoms with van der Waals surface area (Å²) in [5.41, 5.74) is 3.36. The van der Waals surface area contributed by atoms with Crippen LogP contribution in [0.15, 0.2) is 54.7 Å². The summed E-state index contributed by atoms with van der Waals surface area (Å²) >= 11 is 0. The molecule has 1 aromatic heterocycles. The highest BCUT2D eigenvalue weighted by molar-refractivity contribution is 6.09. The second-order valence-corrected chi connectivity index (χ2v) is 6.85. The molecule has 0 fully saturated rings. The molecule has 1 amide bonds. The molecule has 2 aromatic carbocycles. The molecule has 0 radical (unpaired) electrons. The number of amides is 1. The van der Waals surface area contributed by atoms with Crippen molar-refractivity contribution < 1.29 is 19.1 Å². The molecule has 6 nitrogen and oxygen atoms in total. The van der Waals surface area contributed by atoms with E-state index < -0.39 is 12.0 Å². The van der Waals surface area contributed by atoms with Gasteiger partial charge in [-0.05, 0) is 17.5 Å². The Morgan fingerprint density at radius 2 is 1.83 bits per heavy atom. The number of carbonyl (C=O) groups excluding carboxylic acids is 3. The Kier molecular flexibility index (Phi) is 6.44. The van der Waals surface area contributed by atoms with Crippen molar-refractivity contribution >= 4 is 28.6 Å². The molecule has 150 valence electrons. The van der Waals surface area contributed by atoms with Gasteiger partial charge in [0.15, 0.2) is 6.61 Å². The number of para-hydroxylation sites is 1. The van der Waals surface area contributed by atoms with Gasteiger partial charge in [-0.3, -0.25) is 14.4 Å². The lowest BCUT2D eigenvalue weighted by Crippen LogP contribution is -2.29. The highest BCUT2D eigenvalue weighted by Gasteiger charge is 2.20. The van der Waals surface area contributed by atoms with E-state index in [-0.39, 0.29) is 24.7 Å². The van der Waals surface area contributed by atoms with Gasteiger partial charge in [-0.1, -0.05) is 55.5 Å². The molecule has 3 rings (SSSR count). The lowest BCUT2D eigenvalue weighted by Gasteiger charge is -2.17. The molecular formula is C23H24N2O4. The Morgan fingerprint density at radius 1 is 1.07 bits per heavy atom. The molecule has 0 saturated heterocycles. The normalized spacial score (nSPS) is 11.8. The predicted molar refractivity (Wildman–Crippen MR) is 111 cm³/mol. The van der Waals surface area contributed by atoms with Crippen LogP contribution in [0.25, 0.3) is 10.9 Å². The van der Waals surface area contributed by atoms with E-state index in [4.69, 9.17) is 4.74 Å². The van der Waals surface area contributed by atoms with Gasteiger partial charge in [0.2, 0.25) is 11.7 Å². The minimum Gasteiger partial charge on any atom is -0.457 e. The van der Waals surface area contributed by atoms with Crippen molar-refractivity contribution in [2.75, 3.05) is 6.61 Å². The van der Waals surface area contributed by atoms with Crippen molar-refractivity contribution in [2.45, 2.75) is 32.7 Å². The Hall–Kier alpha value is -3.41. The lowest BCUT2D eigenvalue weighted by molar-refractivity contribution is -0.143. The van der Waals surface area contributed by atoms with Crippen LogP contribution in [0.2, 0.25) is 0 Å². The van der Waals surface area contributed by atoms with Gasteiger partial charge in [0, 0.05) is 29.6 Å². The summed E-state index contributed by atoms with van der Waals surface area (Å²) in [6, 6.07) is 14.5. The molecule has 0 aliphatic heterocycles. The van der Waals surface area contributed by atoms with Gasteiger partial charge in [0.1, 0.15) is 0 Å². The maximum absolute atomic E-state index is 12.6. The van der Waals surface area contributed by atoms with Crippen molar-refractivity contribution in [1.29, 1.82) is 0 Å². The number of ketones is 1. The number of fused-ring (bicyclic) bond motifs is 1. The third-order valence-electron chi connectivity index (χ3n) is 4.80. The number of ether oxygens (including phenoxy) is 1. The third-order valence-corrected chi connectivity index (χ3v) is 4.80. The second kappa shape index (κ2) is 9.19. The first-order valence-corrected chi connectivity index (χ1v) is 9.59. The molecule has 0 spiro atoms. The molecule has 0 saturated carbocycles. The average molecular weight is 392 g/mol. The van der Waals surface area contributed by atoms with Crippen molar-refractivity contribution in [1.82, 2.24) is 10.3 Å². The number of rotatable bonds is 8. The topological polar surface area (TPSA) is 88.3 Å². The number of carbonyl (C=O) groups is 3. The summed E-state index contributed by atoms with van der Waals surface area (Å²) in [5, 5.41) is 3.57. The standard InChI is InChI=1S/C23H24N2O4/c1-3-16-10-7-11-18-19(13-24-23(16)18)21(27)14-29-22(28)12-20(25-15(2)26)17-8-5-4-6-9-17/h4-11,13,20,24H,3,12,14H2,1-2H3,(H,25,26)/t20-/m1/s1. The van der Waals surface area contributed by atoms with Crippen LogP contribution in [0.3, 0.4) is 0 Å². The fraction of sp³-hybridized carbons (Fsp3) is 0.261. The van der Waals surface area contributed by atoms with E-state index >= 15 is 0 Å². The van der Waals surface area contributed by atoms with Gasteiger partial charge in [0.25, 0.3) is 0 Å². The Labute approximate surface area is 169 Å². The van der Waals surface area contributed by atoms with E-state index in [1.54, 1.807) is 6.20 Å². The number of esters is 1. The molecule has 29 heavy (non-hydrogen) atoms. The molecule has 0 aliphatic rings. The van der Waals surface area contributed by atoms with E-state index in [2.05, 4.69) is 17.2 Å². The predicted octanol–water partition coefficient (Wildman–Crippen LogP) is 3.72. The quantitative estimate of drug-likeness (QED) is 0.452. The second-order valence-electron chi connectivity index (χ2n) is 6.85. The van der Waals surface area contributed by atoms with Gasteiger partial charge < -0.3 is 15.0 Å². The molecule has 0 unspecified atom stereocenters. The molecule has 2 N–H and O–H groups in total. The zero-order valence-electron chi connectivity index (χ0n) is 16.5. The summed E-state index contributed by atoms with van der Waals surface area (Å²) in [6.45, 7) is 3.10. The highest BCUT2D eigenvalue weighted by Crippen LogP contribution is 2.23. The Bertz CT molecular complexity index is 1020. The first kappa shape index (κ1) is 20.3. The summed E-state index contributed by atoms with van der Waals surface area (Å²) in [7, 11) is 0. The lowest BCUT2D eigenvalue weighted by atomic mass is 10.0. The molecule has 6 heteroatoms. The summed E-state index contributed by atoms with van der Waals surface area (Å²) in [4.78, 5) is 39.5. The van der Waals surface area contributed by atoms with Crippen molar-refractivity contribution in [3.05, 3.63) is 71.4 Å². The largest absolute Gasteiger partial charge is 0.457 e. The molecule has 0 aliphatic carbocycles. The minimum absolute atomic E-state index is 0.0509.